The Kier molecular flexibility index (Phi) is 6.74. The predicted octanol–water partition coefficient (Wildman–Crippen LogP) is 2.33. The lowest BCUT2D eigenvalue weighted by Gasteiger charge is -2.40. The van der Waals surface area contributed by atoms with E-state index < -0.39 is 17.7 Å². The van der Waals surface area contributed by atoms with Crippen molar-refractivity contribution in [3.8, 4) is 11.3 Å². The molecule has 31 heavy (non-hydrogen) atoms. The molecule has 0 saturated heterocycles. The van der Waals surface area contributed by atoms with E-state index in [9.17, 15) is 14.7 Å². The molecule has 164 valence electrons. The Labute approximate surface area is 185 Å². The molecule has 2 heterocycles. The van der Waals surface area contributed by atoms with Crippen molar-refractivity contribution < 1.29 is 14.7 Å². The smallest absolute Gasteiger partial charge is 0.261 e. The summed E-state index contributed by atoms with van der Waals surface area (Å²) in [7, 11) is 1.79. The summed E-state index contributed by atoms with van der Waals surface area (Å²) in [4.78, 5) is 26.5. The summed E-state index contributed by atoms with van der Waals surface area (Å²) in [6, 6.07) is 11.0. The molecule has 0 fully saturated rings. The minimum absolute atomic E-state index is 0.121. The van der Waals surface area contributed by atoms with Gasteiger partial charge in [-0.2, -0.15) is 0 Å². The topological polar surface area (TPSA) is 103 Å². The second-order valence-electron chi connectivity index (χ2n) is 8.35. The van der Waals surface area contributed by atoms with Crippen LogP contribution in [0.3, 0.4) is 0 Å². The van der Waals surface area contributed by atoms with Gasteiger partial charge in [0.2, 0.25) is 0 Å². The Bertz CT molecular complexity index is 1040. The lowest BCUT2D eigenvalue weighted by molar-refractivity contribution is -0.270. The maximum Gasteiger partial charge on any atom is 0.261 e. The van der Waals surface area contributed by atoms with Gasteiger partial charge in [0.25, 0.3) is 5.91 Å². The molecule has 0 spiro atoms. The number of amides is 2. The molecule has 0 aliphatic carbocycles. The first-order valence-electron chi connectivity index (χ1n) is 9.92. The van der Waals surface area contributed by atoms with Crippen LogP contribution in [-0.2, 0) is 13.5 Å². The van der Waals surface area contributed by atoms with Gasteiger partial charge in [0, 0.05) is 30.1 Å². The summed E-state index contributed by atoms with van der Waals surface area (Å²) in [5, 5.41) is 24.4. The molecule has 0 bridgehead atoms. The second-order valence-corrected chi connectivity index (χ2v) is 9.26. The van der Waals surface area contributed by atoms with E-state index in [1.165, 1.54) is 16.2 Å². The van der Waals surface area contributed by atoms with Crippen LogP contribution in [-0.4, -0.2) is 50.0 Å². The van der Waals surface area contributed by atoms with Gasteiger partial charge < -0.3 is 20.1 Å². The second kappa shape index (κ2) is 9.30. The first-order valence-corrected chi connectivity index (χ1v) is 10.8. The van der Waals surface area contributed by atoms with Crippen molar-refractivity contribution in [1.82, 2.24) is 25.2 Å². The van der Waals surface area contributed by atoms with E-state index in [1.807, 2.05) is 35.7 Å². The van der Waals surface area contributed by atoms with Crippen LogP contribution in [0.1, 0.15) is 36.0 Å². The Morgan fingerprint density at radius 1 is 1.26 bits per heavy atom. The first kappa shape index (κ1) is 22.5. The highest BCUT2D eigenvalue weighted by atomic mass is 32.1. The number of carbonyl (C=O) groups is 2. The predicted molar refractivity (Wildman–Crippen MR) is 118 cm³/mol. The zero-order valence-corrected chi connectivity index (χ0v) is 18.8. The zero-order chi connectivity index (χ0) is 22.6. The van der Waals surface area contributed by atoms with Gasteiger partial charge in [0.1, 0.15) is 6.09 Å². The Balaban J connectivity index is 1.80. The molecule has 9 heteroatoms. The molecule has 0 radical (unpaired) electrons. The molecule has 1 N–H and O–H groups in total. The Morgan fingerprint density at radius 2 is 1.97 bits per heavy atom. The molecule has 0 unspecified atom stereocenters. The van der Waals surface area contributed by atoms with E-state index in [1.54, 1.807) is 44.8 Å². The lowest BCUT2D eigenvalue weighted by Crippen LogP contribution is -2.57. The van der Waals surface area contributed by atoms with Crippen LogP contribution in [0.5, 0.6) is 0 Å². The van der Waals surface area contributed by atoms with Gasteiger partial charge in [-0.05, 0) is 38.8 Å². The number of carboxylic acid groups (broad SMARTS) is 1. The van der Waals surface area contributed by atoms with Crippen molar-refractivity contribution in [2.24, 2.45) is 7.05 Å². The van der Waals surface area contributed by atoms with Gasteiger partial charge >= 0.3 is 0 Å². The summed E-state index contributed by atoms with van der Waals surface area (Å²) in [6.07, 6.45) is 0.876. The fraction of sp³-hybridized carbons (Fsp3) is 0.364. The molecule has 2 aromatic heterocycles. The van der Waals surface area contributed by atoms with Gasteiger partial charge in [-0.3, -0.25) is 4.79 Å². The third kappa shape index (κ3) is 5.69. The minimum Gasteiger partial charge on any atom is -0.530 e. The molecule has 0 saturated carbocycles. The van der Waals surface area contributed by atoms with Crippen molar-refractivity contribution in [1.29, 1.82) is 0 Å². The maximum atomic E-state index is 13.0. The molecule has 0 aliphatic rings. The fourth-order valence-corrected chi connectivity index (χ4v) is 4.10. The number of hydrogen-bond donors (Lipinski definition) is 1. The highest BCUT2D eigenvalue weighted by Gasteiger charge is 2.26. The number of carbonyl (C=O) groups excluding carboxylic acids is 2. The van der Waals surface area contributed by atoms with Gasteiger partial charge in [0.05, 0.1) is 22.8 Å². The molecule has 1 aromatic carbocycles. The number of thiophene rings is 1. The highest BCUT2D eigenvalue weighted by molar-refractivity contribution is 7.12. The third-order valence-corrected chi connectivity index (χ3v) is 5.86. The van der Waals surface area contributed by atoms with Gasteiger partial charge in [-0.25, -0.2) is 4.68 Å². The highest BCUT2D eigenvalue weighted by Crippen LogP contribution is 2.25. The SMILES string of the molecule is Cn1nncc1-c1csc(C(=O)N[C@@H](Cc2ccccc2)CN(C(=O)[O-])C(C)(C)C)c1. The normalized spacial score (nSPS) is 12.4. The average molecular weight is 441 g/mol. The number of hydrogen-bond acceptors (Lipinski definition) is 6. The number of nitrogens with zero attached hydrogens (tertiary/aromatic N) is 4. The summed E-state index contributed by atoms with van der Waals surface area (Å²) in [6.45, 7) is 5.53. The minimum atomic E-state index is -1.26. The van der Waals surface area contributed by atoms with E-state index >= 15 is 0 Å². The van der Waals surface area contributed by atoms with Crippen molar-refractivity contribution in [3.63, 3.8) is 0 Å². The molecule has 0 aliphatic heterocycles. The van der Waals surface area contributed by atoms with Crippen LogP contribution in [0.25, 0.3) is 11.3 Å². The van der Waals surface area contributed by atoms with Crippen molar-refractivity contribution >= 4 is 23.3 Å². The molecule has 3 rings (SSSR count). The van der Waals surface area contributed by atoms with Gasteiger partial charge in [0.15, 0.2) is 0 Å². The Morgan fingerprint density at radius 3 is 2.55 bits per heavy atom. The summed E-state index contributed by atoms with van der Waals surface area (Å²) >= 11 is 1.32. The lowest BCUT2D eigenvalue weighted by atomic mass is 10.0. The molecule has 8 nitrogen and oxygen atoms in total. The van der Waals surface area contributed by atoms with Crippen LogP contribution < -0.4 is 10.4 Å². The quantitative estimate of drug-likeness (QED) is 0.607. The van der Waals surface area contributed by atoms with Gasteiger partial charge in [-0.15, -0.1) is 16.4 Å². The van der Waals surface area contributed by atoms with E-state index in [-0.39, 0.29) is 12.5 Å². The average Bonchev–Trinajstić information content (AvgIpc) is 3.34. The van der Waals surface area contributed by atoms with E-state index in [2.05, 4.69) is 15.6 Å². The summed E-state index contributed by atoms with van der Waals surface area (Å²) in [5.74, 6) is -0.250. The van der Waals surface area contributed by atoms with Crippen LogP contribution in [0.4, 0.5) is 4.79 Å². The number of aryl methyl sites for hydroxylation is 1. The standard InChI is InChI=1S/C22H27N5O3S/c1-22(2,3)27(21(29)30)13-17(10-15-8-6-5-7-9-15)24-20(28)19-11-16(14-31-19)18-12-23-25-26(18)4/h5-9,11-12,14,17H,10,13H2,1-4H3,(H,24,28)(H,29,30)/p-1/t17-/m0/s1. The molecular formula is C22H26N5O3S-. The van der Waals surface area contributed by atoms with Crippen LogP contribution in [0.2, 0.25) is 0 Å². The molecular weight excluding hydrogens is 414 g/mol. The van der Waals surface area contributed by atoms with Crippen molar-refractivity contribution in [2.45, 2.75) is 38.8 Å². The zero-order valence-electron chi connectivity index (χ0n) is 18.0. The van der Waals surface area contributed by atoms with E-state index in [0.29, 0.717) is 11.3 Å². The molecule has 3 aromatic rings. The number of nitrogens with one attached hydrogen (secondary N) is 1. The monoisotopic (exact) mass is 440 g/mol. The fourth-order valence-electron chi connectivity index (χ4n) is 3.30. The van der Waals surface area contributed by atoms with Crippen LogP contribution in [0.15, 0.2) is 48.0 Å². The van der Waals surface area contributed by atoms with Gasteiger partial charge in [-0.1, -0.05) is 35.5 Å². The largest absolute Gasteiger partial charge is 0.530 e. The van der Waals surface area contributed by atoms with Crippen molar-refractivity contribution in [2.75, 3.05) is 6.54 Å². The molecule has 1 atom stereocenters. The van der Waals surface area contributed by atoms with Crippen molar-refractivity contribution in [3.05, 3.63) is 58.4 Å². The third-order valence-electron chi connectivity index (χ3n) is 4.93. The van der Waals surface area contributed by atoms with E-state index in [4.69, 9.17) is 0 Å². The van der Waals surface area contributed by atoms with Crippen LogP contribution in [0, 0.1) is 0 Å². The summed E-state index contributed by atoms with van der Waals surface area (Å²) < 4.78 is 1.64. The Hall–Kier alpha value is -3.20. The summed E-state index contributed by atoms with van der Waals surface area (Å²) in [5.41, 5.74) is 2.02. The number of benzene rings is 1. The number of rotatable bonds is 7. The number of aromatic nitrogens is 3. The van der Waals surface area contributed by atoms with Crippen LogP contribution >= 0.6 is 11.3 Å². The first-order chi connectivity index (χ1) is 14.6. The molecule has 2 amide bonds. The van der Waals surface area contributed by atoms with E-state index in [0.717, 1.165) is 16.8 Å². The maximum absolute atomic E-state index is 13.0.